The maximum absolute atomic E-state index is 12.9. The molecule has 0 spiro atoms. The number of aromatic nitrogens is 1. The van der Waals surface area contributed by atoms with Crippen molar-refractivity contribution in [2.24, 2.45) is 12.8 Å². The molecule has 98 valence electrons. The average molecular weight is 256 g/mol. The van der Waals surface area contributed by atoms with Crippen molar-refractivity contribution in [3.8, 4) is 0 Å². The third-order valence-electron chi connectivity index (χ3n) is 3.10. The largest absolute Gasteiger partial charge is 0.418 e. The van der Waals surface area contributed by atoms with Gasteiger partial charge < -0.3 is 10.3 Å². The van der Waals surface area contributed by atoms with E-state index in [-0.39, 0.29) is 5.52 Å². The molecule has 1 aromatic heterocycles. The second-order valence-electron chi connectivity index (χ2n) is 4.33. The average Bonchev–Trinajstić information content (AvgIpc) is 2.62. The maximum atomic E-state index is 12.9. The van der Waals surface area contributed by atoms with Crippen molar-refractivity contribution in [1.82, 2.24) is 4.57 Å². The van der Waals surface area contributed by atoms with Gasteiger partial charge in [-0.25, -0.2) is 0 Å². The first-order valence-electron chi connectivity index (χ1n) is 5.79. The summed E-state index contributed by atoms with van der Waals surface area (Å²) >= 11 is 0. The number of para-hydroxylation sites is 1. The Morgan fingerprint density at radius 2 is 2.00 bits per heavy atom. The molecule has 0 radical (unpaired) electrons. The zero-order valence-electron chi connectivity index (χ0n) is 10.1. The zero-order chi connectivity index (χ0) is 13.3. The fourth-order valence-electron chi connectivity index (χ4n) is 2.22. The highest BCUT2D eigenvalue weighted by molar-refractivity contribution is 5.85. The molecule has 2 N–H and O–H groups in total. The molecule has 2 nitrogen and oxygen atoms in total. The van der Waals surface area contributed by atoms with Gasteiger partial charge in [-0.2, -0.15) is 13.2 Å². The lowest BCUT2D eigenvalue weighted by Crippen LogP contribution is -2.08. The Morgan fingerprint density at radius 3 is 2.61 bits per heavy atom. The second-order valence-corrected chi connectivity index (χ2v) is 4.33. The fourth-order valence-corrected chi connectivity index (χ4v) is 2.22. The van der Waals surface area contributed by atoms with Gasteiger partial charge in [-0.05, 0) is 31.5 Å². The van der Waals surface area contributed by atoms with E-state index in [0.29, 0.717) is 18.4 Å². The molecule has 2 aromatic rings. The minimum atomic E-state index is -4.32. The van der Waals surface area contributed by atoms with Gasteiger partial charge >= 0.3 is 6.18 Å². The number of benzene rings is 1. The molecule has 2 rings (SSSR count). The van der Waals surface area contributed by atoms with E-state index in [9.17, 15) is 13.2 Å². The molecule has 1 heterocycles. The Balaban J connectivity index is 2.59. The minimum Gasteiger partial charge on any atom is -0.347 e. The normalized spacial score (nSPS) is 12.3. The maximum Gasteiger partial charge on any atom is 0.418 e. The lowest BCUT2D eigenvalue weighted by molar-refractivity contribution is -0.136. The molecule has 0 bridgehead atoms. The molecule has 0 fully saturated rings. The predicted molar refractivity (Wildman–Crippen MR) is 65.3 cm³/mol. The predicted octanol–water partition coefficient (Wildman–Crippen LogP) is 3.09. The highest BCUT2D eigenvalue weighted by Crippen LogP contribution is 2.35. The lowest BCUT2D eigenvalue weighted by Gasteiger charge is -2.11. The van der Waals surface area contributed by atoms with Crippen LogP contribution in [0.1, 0.15) is 17.7 Å². The van der Waals surface area contributed by atoms with Crippen LogP contribution < -0.4 is 5.73 Å². The van der Waals surface area contributed by atoms with Crippen molar-refractivity contribution in [1.29, 1.82) is 0 Å². The van der Waals surface area contributed by atoms with Crippen LogP contribution in [0.3, 0.4) is 0 Å². The van der Waals surface area contributed by atoms with Crippen LogP contribution in [0.2, 0.25) is 0 Å². The molecule has 0 aliphatic carbocycles. The Morgan fingerprint density at radius 1 is 1.28 bits per heavy atom. The molecule has 0 saturated heterocycles. The summed E-state index contributed by atoms with van der Waals surface area (Å²) in [6, 6.07) is 6.07. The van der Waals surface area contributed by atoms with Crippen molar-refractivity contribution >= 4 is 10.9 Å². The van der Waals surface area contributed by atoms with Crippen molar-refractivity contribution in [2.75, 3.05) is 6.54 Å². The Bertz CT molecular complexity index is 555. The van der Waals surface area contributed by atoms with Gasteiger partial charge in [0.2, 0.25) is 0 Å². The van der Waals surface area contributed by atoms with Gasteiger partial charge in [0, 0.05) is 18.1 Å². The number of rotatable bonds is 3. The van der Waals surface area contributed by atoms with E-state index in [0.717, 1.165) is 18.2 Å². The number of nitrogens with zero attached hydrogens (tertiary/aromatic N) is 1. The number of alkyl halides is 3. The number of hydrogen-bond acceptors (Lipinski definition) is 1. The van der Waals surface area contributed by atoms with E-state index < -0.39 is 11.7 Å². The molecule has 1 aromatic carbocycles. The fraction of sp³-hybridized carbons (Fsp3) is 0.385. The first-order valence-corrected chi connectivity index (χ1v) is 5.79. The minimum absolute atomic E-state index is 0.247. The summed E-state index contributed by atoms with van der Waals surface area (Å²) in [4.78, 5) is 0. The third kappa shape index (κ3) is 2.22. The smallest absolute Gasteiger partial charge is 0.347 e. The Hall–Kier alpha value is -1.49. The van der Waals surface area contributed by atoms with E-state index in [1.54, 1.807) is 23.7 Å². The first-order chi connectivity index (χ1) is 8.45. The molecule has 0 saturated carbocycles. The molecule has 0 unspecified atom stereocenters. The number of halogens is 3. The van der Waals surface area contributed by atoms with Crippen LogP contribution in [0, 0.1) is 0 Å². The SMILES string of the molecule is Cn1c(CCCN)cc2cccc(C(F)(F)F)c21. The number of fused-ring (bicyclic) bond motifs is 1. The monoisotopic (exact) mass is 256 g/mol. The van der Waals surface area contributed by atoms with E-state index in [1.807, 2.05) is 0 Å². The molecule has 5 heteroatoms. The standard InChI is InChI=1S/C13H15F3N2/c1-18-10(5-3-7-17)8-9-4-2-6-11(12(9)18)13(14,15)16/h2,4,6,8H,3,5,7,17H2,1H3. The molecule has 0 aliphatic heterocycles. The van der Waals surface area contributed by atoms with E-state index in [2.05, 4.69) is 0 Å². The summed E-state index contributed by atoms with van der Waals surface area (Å²) in [6.07, 6.45) is -2.86. The summed E-state index contributed by atoms with van der Waals surface area (Å²) in [7, 11) is 1.67. The molecular formula is C13H15F3N2. The molecule has 0 amide bonds. The van der Waals surface area contributed by atoms with Gasteiger partial charge in [0.15, 0.2) is 0 Å². The summed E-state index contributed by atoms with van der Waals surface area (Å²) in [5.41, 5.74) is 5.98. The van der Waals surface area contributed by atoms with Gasteiger partial charge in [-0.15, -0.1) is 0 Å². The summed E-state index contributed by atoms with van der Waals surface area (Å²) in [6.45, 7) is 0.535. The van der Waals surface area contributed by atoms with Crippen LogP contribution in [-0.2, 0) is 19.6 Å². The van der Waals surface area contributed by atoms with E-state index in [4.69, 9.17) is 5.73 Å². The quantitative estimate of drug-likeness (QED) is 0.898. The van der Waals surface area contributed by atoms with Crippen LogP contribution in [0.4, 0.5) is 13.2 Å². The van der Waals surface area contributed by atoms with Gasteiger partial charge in [0.25, 0.3) is 0 Å². The van der Waals surface area contributed by atoms with Gasteiger partial charge in [0.1, 0.15) is 0 Å². The van der Waals surface area contributed by atoms with Crippen molar-refractivity contribution < 1.29 is 13.2 Å². The van der Waals surface area contributed by atoms with Crippen LogP contribution in [0.5, 0.6) is 0 Å². The Labute approximate surface area is 103 Å². The molecule has 0 atom stereocenters. The highest BCUT2D eigenvalue weighted by atomic mass is 19.4. The number of nitrogens with two attached hydrogens (primary N) is 1. The summed E-state index contributed by atoms with van der Waals surface area (Å²) < 4.78 is 40.4. The highest BCUT2D eigenvalue weighted by Gasteiger charge is 2.33. The molecule has 18 heavy (non-hydrogen) atoms. The summed E-state index contributed by atoms with van der Waals surface area (Å²) in [5, 5.41) is 0.624. The van der Waals surface area contributed by atoms with Crippen molar-refractivity contribution in [3.63, 3.8) is 0 Å². The number of hydrogen-bond donors (Lipinski definition) is 1. The van der Waals surface area contributed by atoms with Crippen molar-refractivity contribution in [2.45, 2.75) is 19.0 Å². The second kappa shape index (κ2) is 4.65. The van der Waals surface area contributed by atoms with Crippen LogP contribution >= 0.6 is 0 Å². The van der Waals surface area contributed by atoms with Gasteiger partial charge in [-0.3, -0.25) is 0 Å². The van der Waals surface area contributed by atoms with Crippen molar-refractivity contribution in [3.05, 3.63) is 35.5 Å². The first kappa shape index (κ1) is 13.0. The molecular weight excluding hydrogens is 241 g/mol. The number of aryl methyl sites for hydroxylation is 2. The van der Waals surface area contributed by atoms with Crippen LogP contribution in [-0.4, -0.2) is 11.1 Å². The van der Waals surface area contributed by atoms with E-state index >= 15 is 0 Å². The molecule has 0 aliphatic rings. The van der Waals surface area contributed by atoms with Gasteiger partial charge in [0.05, 0.1) is 11.1 Å². The van der Waals surface area contributed by atoms with Crippen LogP contribution in [0.25, 0.3) is 10.9 Å². The lowest BCUT2D eigenvalue weighted by atomic mass is 10.1. The third-order valence-corrected chi connectivity index (χ3v) is 3.10. The topological polar surface area (TPSA) is 30.9 Å². The van der Waals surface area contributed by atoms with Crippen LogP contribution in [0.15, 0.2) is 24.3 Å². The van der Waals surface area contributed by atoms with E-state index in [1.165, 1.54) is 6.07 Å². The Kier molecular flexibility index (Phi) is 3.34. The summed E-state index contributed by atoms with van der Waals surface area (Å²) in [5.74, 6) is 0. The zero-order valence-corrected chi connectivity index (χ0v) is 10.1. The van der Waals surface area contributed by atoms with Gasteiger partial charge in [-0.1, -0.05) is 12.1 Å².